The highest BCUT2D eigenvalue weighted by Gasteiger charge is 2.08. The maximum absolute atomic E-state index is 8.94. The van der Waals surface area contributed by atoms with E-state index in [-0.39, 0.29) is 5.17 Å². The number of hydrogen-bond donors (Lipinski definition) is 2. The Balaban J connectivity index is 2.49. The summed E-state index contributed by atoms with van der Waals surface area (Å²) in [5, 5.41) is 17.2. The molecule has 0 atom stereocenters. The summed E-state index contributed by atoms with van der Waals surface area (Å²) in [6, 6.07) is 9.94. The number of rotatable bonds is 3. The van der Waals surface area contributed by atoms with E-state index in [1.807, 2.05) is 24.3 Å². The smallest absolute Gasteiger partial charge is 0.151 e. The molecule has 5 heteroatoms. The molecule has 0 spiro atoms. The van der Waals surface area contributed by atoms with Crippen LogP contribution in [-0.4, -0.2) is 10.2 Å². The maximum atomic E-state index is 8.94. The van der Waals surface area contributed by atoms with Crippen molar-refractivity contribution in [3.05, 3.63) is 41.6 Å². The van der Waals surface area contributed by atoms with Crippen LogP contribution in [0.25, 0.3) is 10.9 Å². The number of amidine groups is 1. The first-order chi connectivity index (χ1) is 8.72. The van der Waals surface area contributed by atoms with Crippen molar-refractivity contribution in [1.82, 2.24) is 4.98 Å². The van der Waals surface area contributed by atoms with Gasteiger partial charge in [-0.15, -0.1) is 0 Å². The highest BCUT2D eigenvalue weighted by molar-refractivity contribution is 8.13. The van der Waals surface area contributed by atoms with Crippen LogP contribution in [0.5, 0.6) is 0 Å². The van der Waals surface area contributed by atoms with E-state index in [1.54, 1.807) is 6.20 Å². The molecule has 18 heavy (non-hydrogen) atoms. The van der Waals surface area contributed by atoms with E-state index in [9.17, 15) is 0 Å². The zero-order valence-corrected chi connectivity index (χ0v) is 10.5. The molecular weight excluding hydrogens is 244 g/mol. The molecule has 4 nitrogen and oxygen atoms in total. The van der Waals surface area contributed by atoms with Crippen LogP contribution in [0.15, 0.2) is 30.5 Å². The second-order valence-electron chi connectivity index (χ2n) is 3.77. The number of fused-ring (bicyclic) bond motifs is 1. The third-order valence-electron chi connectivity index (χ3n) is 2.62. The molecule has 1 aromatic carbocycles. The van der Waals surface area contributed by atoms with Gasteiger partial charge in [0.2, 0.25) is 0 Å². The molecular formula is C13H12N4S. The van der Waals surface area contributed by atoms with Gasteiger partial charge in [0, 0.05) is 17.3 Å². The van der Waals surface area contributed by atoms with Gasteiger partial charge in [0.1, 0.15) is 0 Å². The lowest BCUT2D eigenvalue weighted by molar-refractivity contribution is 1.19. The van der Waals surface area contributed by atoms with Crippen LogP contribution in [-0.2, 0) is 12.2 Å². The average molecular weight is 256 g/mol. The molecule has 1 heterocycles. The lowest BCUT2D eigenvalue weighted by Crippen LogP contribution is -2.05. The summed E-state index contributed by atoms with van der Waals surface area (Å²) in [6.07, 6.45) is 2.11. The average Bonchev–Trinajstić information content (AvgIpc) is 2.38. The molecule has 0 aliphatic carbocycles. The summed E-state index contributed by atoms with van der Waals surface area (Å²) in [4.78, 5) is 4.37. The van der Waals surface area contributed by atoms with Crippen molar-refractivity contribution in [2.24, 2.45) is 5.73 Å². The fraction of sp³-hybridized carbons (Fsp3) is 0.154. The van der Waals surface area contributed by atoms with E-state index in [2.05, 4.69) is 11.1 Å². The summed E-state index contributed by atoms with van der Waals surface area (Å²) >= 11 is 1.24. The van der Waals surface area contributed by atoms with Crippen molar-refractivity contribution >= 4 is 27.8 Å². The first-order valence-electron chi connectivity index (χ1n) is 5.41. The van der Waals surface area contributed by atoms with E-state index >= 15 is 0 Å². The van der Waals surface area contributed by atoms with Gasteiger partial charge in [-0.1, -0.05) is 30.0 Å². The minimum atomic E-state index is 0.0751. The van der Waals surface area contributed by atoms with E-state index in [1.165, 1.54) is 11.8 Å². The molecule has 3 N–H and O–H groups in total. The Kier molecular flexibility index (Phi) is 3.80. The highest BCUT2D eigenvalue weighted by Crippen LogP contribution is 2.24. The maximum Gasteiger partial charge on any atom is 0.151 e. The Hall–Kier alpha value is -2.06. The van der Waals surface area contributed by atoms with Gasteiger partial charge in [-0.25, -0.2) is 0 Å². The second-order valence-corrected chi connectivity index (χ2v) is 4.78. The number of nitrogens with one attached hydrogen (secondary N) is 1. The number of nitriles is 1. The van der Waals surface area contributed by atoms with E-state index in [4.69, 9.17) is 16.4 Å². The van der Waals surface area contributed by atoms with Gasteiger partial charge in [0.05, 0.1) is 18.0 Å². The Morgan fingerprint density at radius 2 is 2.22 bits per heavy atom. The first kappa shape index (κ1) is 12.4. The number of nitrogens with zero attached hydrogens (tertiary/aromatic N) is 2. The molecule has 0 amide bonds. The van der Waals surface area contributed by atoms with E-state index < -0.39 is 0 Å². The van der Waals surface area contributed by atoms with Crippen LogP contribution in [0, 0.1) is 16.7 Å². The molecule has 0 unspecified atom stereocenters. The molecule has 2 rings (SSSR count). The Labute approximate surface area is 109 Å². The Bertz CT molecular complexity index is 630. The van der Waals surface area contributed by atoms with Gasteiger partial charge in [-0.05, 0) is 17.2 Å². The summed E-state index contributed by atoms with van der Waals surface area (Å²) < 4.78 is 0. The van der Waals surface area contributed by atoms with Crippen LogP contribution in [0.4, 0.5) is 0 Å². The summed E-state index contributed by atoms with van der Waals surface area (Å²) in [6.45, 7) is 0. The molecule has 0 aliphatic heterocycles. The van der Waals surface area contributed by atoms with Crippen LogP contribution in [0.2, 0.25) is 0 Å². The number of aromatic nitrogens is 1. The zero-order chi connectivity index (χ0) is 13.0. The van der Waals surface area contributed by atoms with Gasteiger partial charge >= 0.3 is 0 Å². The topological polar surface area (TPSA) is 86.5 Å². The van der Waals surface area contributed by atoms with Crippen LogP contribution >= 0.6 is 11.8 Å². The Morgan fingerprint density at radius 3 is 2.94 bits per heavy atom. The number of benzene rings is 1. The van der Waals surface area contributed by atoms with E-state index in [0.717, 1.165) is 22.0 Å². The summed E-state index contributed by atoms with van der Waals surface area (Å²) in [7, 11) is 0. The second kappa shape index (κ2) is 5.52. The third-order valence-corrected chi connectivity index (χ3v) is 3.38. The molecule has 0 saturated carbocycles. The number of thioether (sulfide) groups is 1. The lowest BCUT2D eigenvalue weighted by Gasteiger charge is -2.09. The van der Waals surface area contributed by atoms with Crippen molar-refractivity contribution in [2.45, 2.75) is 12.2 Å². The number of pyridine rings is 1. The van der Waals surface area contributed by atoms with E-state index in [0.29, 0.717) is 12.2 Å². The summed E-state index contributed by atoms with van der Waals surface area (Å²) in [5.74, 6) is 0.574. The third kappa shape index (κ3) is 2.60. The minimum absolute atomic E-state index is 0.0751. The van der Waals surface area contributed by atoms with Gasteiger partial charge in [0.25, 0.3) is 0 Å². The van der Waals surface area contributed by atoms with Crippen LogP contribution < -0.4 is 5.73 Å². The predicted octanol–water partition coefficient (Wildman–Crippen LogP) is 2.43. The SMILES string of the molecule is N#CCc1c(CSC(=N)N)cnc2ccccc12. The van der Waals surface area contributed by atoms with Crippen LogP contribution in [0.3, 0.4) is 0 Å². The number of nitrogens with two attached hydrogens (primary N) is 1. The van der Waals surface area contributed by atoms with Crippen molar-refractivity contribution in [3.8, 4) is 6.07 Å². The largest absolute Gasteiger partial charge is 0.379 e. The standard InChI is InChI=1S/C13H12N4S/c14-6-5-10-9(8-18-13(15)16)7-17-12-4-2-1-3-11(10)12/h1-4,7H,5,8H2,(H3,15,16). The normalized spacial score (nSPS) is 10.2. The molecule has 0 fully saturated rings. The fourth-order valence-corrected chi connectivity index (χ4v) is 2.37. The van der Waals surface area contributed by atoms with Crippen molar-refractivity contribution in [3.63, 3.8) is 0 Å². The Morgan fingerprint density at radius 1 is 1.44 bits per heavy atom. The first-order valence-corrected chi connectivity index (χ1v) is 6.40. The molecule has 1 aromatic heterocycles. The van der Waals surface area contributed by atoms with Crippen molar-refractivity contribution in [2.75, 3.05) is 0 Å². The van der Waals surface area contributed by atoms with Crippen LogP contribution in [0.1, 0.15) is 11.1 Å². The zero-order valence-electron chi connectivity index (χ0n) is 9.68. The lowest BCUT2D eigenvalue weighted by atomic mass is 10.0. The molecule has 90 valence electrons. The minimum Gasteiger partial charge on any atom is -0.379 e. The monoisotopic (exact) mass is 256 g/mol. The van der Waals surface area contributed by atoms with Crippen molar-refractivity contribution < 1.29 is 0 Å². The van der Waals surface area contributed by atoms with Gasteiger partial charge in [-0.3, -0.25) is 10.4 Å². The number of para-hydroxylation sites is 1. The van der Waals surface area contributed by atoms with Gasteiger partial charge in [-0.2, -0.15) is 5.26 Å². The van der Waals surface area contributed by atoms with Gasteiger partial charge < -0.3 is 5.73 Å². The quantitative estimate of drug-likeness (QED) is 0.652. The number of hydrogen-bond acceptors (Lipinski definition) is 4. The summed E-state index contributed by atoms with van der Waals surface area (Å²) in [5.41, 5.74) is 8.18. The molecule has 0 radical (unpaired) electrons. The van der Waals surface area contributed by atoms with Crippen molar-refractivity contribution in [1.29, 1.82) is 10.7 Å². The molecule has 0 aliphatic rings. The predicted molar refractivity (Wildman–Crippen MR) is 74.3 cm³/mol. The molecule has 2 aromatic rings. The highest BCUT2D eigenvalue weighted by atomic mass is 32.2. The molecule has 0 bridgehead atoms. The van der Waals surface area contributed by atoms with Gasteiger partial charge in [0.15, 0.2) is 5.17 Å². The molecule has 0 saturated heterocycles. The fourth-order valence-electron chi connectivity index (χ4n) is 1.81.